The van der Waals surface area contributed by atoms with E-state index >= 15 is 0 Å². The fraction of sp³-hybridized carbons (Fsp3) is 0.583. The second kappa shape index (κ2) is 15.4. The Hall–Kier alpha value is -3.86. The van der Waals surface area contributed by atoms with E-state index in [4.69, 9.17) is 14.2 Å². The first-order valence-corrected chi connectivity index (χ1v) is 17.0. The number of nitrogens with zero attached hydrogens (tertiary/aromatic N) is 3. The first-order valence-electron chi connectivity index (χ1n) is 17.0. The summed E-state index contributed by atoms with van der Waals surface area (Å²) in [6.45, 7) is 7.54. The maximum Gasteiger partial charge on any atom is 0.308 e. The van der Waals surface area contributed by atoms with Crippen LogP contribution in [0.1, 0.15) is 82.3 Å². The van der Waals surface area contributed by atoms with Gasteiger partial charge < -0.3 is 29.1 Å². The molecule has 5 rings (SSSR count). The zero-order valence-electron chi connectivity index (χ0n) is 28.0. The molecule has 0 aromatic heterocycles. The number of anilines is 1. The molecule has 2 saturated heterocycles. The fourth-order valence-corrected chi connectivity index (χ4v) is 7.64. The van der Waals surface area contributed by atoms with Gasteiger partial charge in [0.25, 0.3) is 0 Å². The van der Waals surface area contributed by atoms with Gasteiger partial charge in [-0.05, 0) is 80.5 Å². The van der Waals surface area contributed by atoms with Crippen LogP contribution in [0.2, 0.25) is 0 Å². The lowest BCUT2D eigenvalue weighted by Crippen LogP contribution is -2.48. The minimum absolute atomic E-state index is 0.00955. The van der Waals surface area contributed by atoms with Crippen molar-refractivity contribution in [1.29, 1.82) is 0 Å². The number of benzene rings is 2. The lowest BCUT2D eigenvalue weighted by molar-refractivity contribution is -0.143. The minimum Gasteiger partial charge on any atom is -0.493 e. The Morgan fingerprint density at radius 2 is 1.91 bits per heavy atom. The van der Waals surface area contributed by atoms with Crippen LogP contribution in [0.4, 0.5) is 10.1 Å². The molecule has 10 nitrogen and oxygen atoms in total. The lowest BCUT2D eigenvalue weighted by Gasteiger charge is -2.35. The van der Waals surface area contributed by atoms with Gasteiger partial charge in [-0.2, -0.15) is 0 Å². The first kappa shape index (κ1) is 34.5. The summed E-state index contributed by atoms with van der Waals surface area (Å²) in [5, 5.41) is 10.7. The van der Waals surface area contributed by atoms with Crippen LogP contribution >= 0.6 is 0 Å². The van der Waals surface area contributed by atoms with Gasteiger partial charge in [0.15, 0.2) is 11.5 Å². The lowest BCUT2D eigenvalue weighted by atomic mass is 9.83. The molecule has 0 saturated carbocycles. The quantitative estimate of drug-likeness (QED) is 0.259. The maximum atomic E-state index is 14.5. The van der Waals surface area contributed by atoms with Crippen LogP contribution in [-0.2, 0) is 14.4 Å². The minimum atomic E-state index is -0.940. The monoisotopic (exact) mass is 653 g/mol. The average Bonchev–Trinajstić information content (AvgIpc) is 3.78. The van der Waals surface area contributed by atoms with Crippen LogP contribution in [0.15, 0.2) is 30.3 Å². The van der Waals surface area contributed by atoms with Gasteiger partial charge in [0.1, 0.15) is 5.82 Å². The number of aliphatic carboxylic acids is 1. The number of fused-ring (bicyclic) bond motifs is 1. The number of likely N-dealkylation sites (tertiary alicyclic amines) is 2. The molecule has 2 amide bonds. The molecule has 1 unspecified atom stereocenters. The summed E-state index contributed by atoms with van der Waals surface area (Å²) in [6.07, 6.45) is 5.86. The van der Waals surface area contributed by atoms with Gasteiger partial charge in [0.2, 0.25) is 24.4 Å². The van der Waals surface area contributed by atoms with Crippen molar-refractivity contribution in [2.24, 2.45) is 5.92 Å². The number of hydrogen-bond acceptors (Lipinski definition) is 7. The molecule has 2 aromatic carbocycles. The van der Waals surface area contributed by atoms with E-state index in [-0.39, 0.29) is 37.0 Å². The number of carboxylic acid groups (broad SMARTS) is 1. The molecule has 2 aromatic rings. The van der Waals surface area contributed by atoms with E-state index in [9.17, 15) is 23.9 Å². The number of rotatable bonds is 15. The maximum absolute atomic E-state index is 14.5. The predicted octanol–water partition coefficient (Wildman–Crippen LogP) is 5.74. The Morgan fingerprint density at radius 3 is 2.55 bits per heavy atom. The summed E-state index contributed by atoms with van der Waals surface area (Å²) in [5.41, 5.74) is 1.86. The van der Waals surface area contributed by atoms with E-state index < -0.39 is 23.8 Å². The van der Waals surface area contributed by atoms with Crippen LogP contribution in [0, 0.1) is 18.7 Å². The van der Waals surface area contributed by atoms with E-state index in [0.29, 0.717) is 60.9 Å². The highest BCUT2D eigenvalue weighted by atomic mass is 19.1. The van der Waals surface area contributed by atoms with Crippen molar-refractivity contribution in [2.75, 3.05) is 45.0 Å². The molecular formula is C36H48FN3O7. The molecule has 0 aliphatic carbocycles. The Labute approximate surface area is 276 Å². The molecule has 3 aliphatic rings. The smallest absolute Gasteiger partial charge is 0.308 e. The summed E-state index contributed by atoms with van der Waals surface area (Å²) in [5.74, 6) is -1.09. The van der Waals surface area contributed by atoms with Gasteiger partial charge in [-0.1, -0.05) is 26.7 Å². The molecule has 0 radical (unpaired) electrons. The number of halogens is 1. The van der Waals surface area contributed by atoms with Crippen molar-refractivity contribution >= 4 is 23.5 Å². The molecule has 2 fully saturated rings. The van der Waals surface area contributed by atoms with E-state index in [2.05, 4.69) is 13.8 Å². The fourth-order valence-electron chi connectivity index (χ4n) is 7.64. The third kappa shape index (κ3) is 7.50. The SMILES string of the molecule is CCCC(CCC)N(C(=O)CN1C[C@H](c2cc(OC)c3c(c2)OCO3)C(C(=O)O)[C@@H]1CCCN1CCCC1=O)c1ccc(F)c(C)c1. The first-order chi connectivity index (χ1) is 22.7. The Kier molecular flexibility index (Phi) is 11.3. The summed E-state index contributed by atoms with van der Waals surface area (Å²) in [6, 6.07) is 7.89. The van der Waals surface area contributed by atoms with Gasteiger partial charge in [0.05, 0.1) is 19.6 Å². The van der Waals surface area contributed by atoms with Gasteiger partial charge in [-0.15, -0.1) is 0 Å². The second-order valence-electron chi connectivity index (χ2n) is 13.0. The van der Waals surface area contributed by atoms with Crippen LogP contribution in [0.3, 0.4) is 0 Å². The Bertz CT molecular complexity index is 1450. The summed E-state index contributed by atoms with van der Waals surface area (Å²) < 4.78 is 31.2. The van der Waals surface area contributed by atoms with Gasteiger partial charge >= 0.3 is 5.97 Å². The van der Waals surface area contributed by atoms with E-state index in [1.54, 1.807) is 19.1 Å². The second-order valence-corrected chi connectivity index (χ2v) is 13.0. The number of carbonyl (C=O) groups excluding carboxylic acids is 2. The number of methoxy groups -OCH3 is 1. The van der Waals surface area contributed by atoms with Crippen molar-refractivity contribution in [2.45, 2.75) is 90.1 Å². The largest absolute Gasteiger partial charge is 0.493 e. The van der Waals surface area contributed by atoms with Crippen LogP contribution < -0.4 is 19.1 Å². The third-order valence-electron chi connectivity index (χ3n) is 9.88. The molecule has 3 heterocycles. The highest BCUT2D eigenvalue weighted by Gasteiger charge is 2.48. The molecule has 3 aliphatic heterocycles. The van der Waals surface area contributed by atoms with Crippen molar-refractivity contribution in [3.05, 3.63) is 47.3 Å². The molecule has 47 heavy (non-hydrogen) atoms. The summed E-state index contributed by atoms with van der Waals surface area (Å²) in [4.78, 5) is 45.5. The third-order valence-corrected chi connectivity index (χ3v) is 9.88. The zero-order chi connectivity index (χ0) is 33.7. The van der Waals surface area contributed by atoms with Crippen LogP contribution in [0.5, 0.6) is 17.2 Å². The highest BCUT2D eigenvalue weighted by molar-refractivity contribution is 5.95. The topological polar surface area (TPSA) is 109 Å². The normalized spacial score (nSPS) is 20.8. The molecule has 11 heteroatoms. The number of carbonyl (C=O) groups is 3. The summed E-state index contributed by atoms with van der Waals surface area (Å²) in [7, 11) is 1.53. The van der Waals surface area contributed by atoms with Crippen molar-refractivity contribution in [3.8, 4) is 17.2 Å². The Morgan fingerprint density at radius 1 is 1.15 bits per heavy atom. The van der Waals surface area contributed by atoms with Gasteiger partial charge in [-0.3, -0.25) is 19.3 Å². The number of hydrogen-bond donors (Lipinski definition) is 1. The van der Waals surface area contributed by atoms with E-state index in [0.717, 1.165) is 44.2 Å². The highest BCUT2D eigenvalue weighted by Crippen LogP contribution is 2.47. The van der Waals surface area contributed by atoms with Crippen molar-refractivity contribution in [1.82, 2.24) is 9.80 Å². The van der Waals surface area contributed by atoms with Crippen molar-refractivity contribution in [3.63, 3.8) is 0 Å². The van der Waals surface area contributed by atoms with E-state index in [1.165, 1.54) is 13.2 Å². The molecule has 256 valence electrons. The predicted molar refractivity (Wildman–Crippen MR) is 176 cm³/mol. The zero-order valence-corrected chi connectivity index (χ0v) is 28.0. The standard InChI is InChI=1S/C36H48FN3O7/c1-5-9-25(10-6-2)40(26-13-14-28(37)23(3)17-26)33(42)21-39-20-27(24-18-30(45-4)35-31(19-24)46-22-47-35)34(36(43)44)29(39)11-7-15-38-16-8-12-32(38)41/h13-14,17-19,25,27,29,34H,5-12,15-16,20-22H2,1-4H3,(H,43,44)/t27-,29+,34?/m1/s1. The molecule has 1 N–H and O–H groups in total. The summed E-state index contributed by atoms with van der Waals surface area (Å²) >= 11 is 0. The van der Waals surface area contributed by atoms with Crippen LogP contribution in [0.25, 0.3) is 0 Å². The Balaban J connectivity index is 1.48. The van der Waals surface area contributed by atoms with Gasteiger partial charge in [0, 0.05) is 49.7 Å². The van der Waals surface area contributed by atoms with E-state index in [1.807, 2.05) is 26.8 Å². The molecule has 3 atom stereocenters. The number of ether oxygens (including phenoxy) is 3. The number of aryl methyl sites for hydroxylation is 1. The number of amides is 2. The molecular weight excluding hydrogens is 605 g/mol. The molecule has 0 spiro atoms. The average molecular weight is 654 g/mol. The van der Waals surface area contributed by atoms with Crippen LogP contribution in [-0.4, -0.2) is 84.9 Å². The van der Waals surface area contributed by atoms with Gasteiger partial charge in [-0.25, -0.2) is 4.39 Å². The number of carboxylic acids is 1. The molecule has 0 bridgehead atoms. The van der Waals surface area contributed by atoms with Crippen molar-refractivity contribution < 1.29 is 38.1 Å².